The topological polar surface area (TPSA) is 67.9 Å². The van der Waals surface area contributed by atoms with Crippen molar-refractivity contribution >= 4 is 11.8 Å². The van der Waals surface area contributed by atoms with E-state index in [4.69, 9.17) is 15.9 Å². The number of fused-ring (bicyclic) bond motifs is 2. The molecule has 0 unspecified atom stereocenters. The first-order chi connectivity index (χ1) is 14.2. The third kappa shape index (κ3) is 4.02. The van der Waals surface area contributed by atoms with Gasteiger partial charge >= 0.3 is 0 Å². The van der Waals surface area contributed by atoms with E-state index in [1.165, 1.54) is 0 Å². The second-order valence-electron chi connectivity index (χ2n) is 7.11. The largest absolute Gasteiger partial charge is 0.343 e. The van der Waals surface area contributed by atoms with Gasteiger partial charge in [-0.1, -0.05) is 66.6 Å². The van der Waals surface area contributed by atoms with E-state index in [9.17, 15) is 9.59 Å². The predicted octanol–water partition coefficient (Wildman–Crippen LogP) is 1.50. The number of carbonyl (C=O) groups is 2. The van der Waals surface area contributed by atoms with Crippen molar-refractivity contribution in [2.45, 2.75) is 37.5 Å². The summed E-state index contributed by atoms with van der Waals surface area (Å²) < 4.78 is 11.8. The number of rotatable bonds is 6. The van der Waals surface area contributed by atoms with Gasteiger partial charge in [0, 0.05) is 6.54 Å². The number of hydrogen-bond donors (Lipinski definition) is 1. The fourth-order valence-electron chi connectivity index (χ4n) is 3.78. The van der Waals surface area contributed by atoms with Crippen molar-refractivity contribution in [2.24, 2.45) is 0 Å². The number of benzene rings is 2. The second-order valence-corrected chi connectivity index (χ2v) is 7.11. The van der Waals surface area contributed by atoms with Crippen LogP contribution in [-0.2, 0) is 32.0 Å². The van der Waals surface area contributed by atoms with Gasteiger partial charge in [0.25, 0.3) is 11.8 Å². The van der Waals surface area contributed by atoms with Gasteiger partial charge in [0.15, 0.2) is 18.5 Å². The van der Waals surface area contributed by atoms with Gasteiger partial charge in [0.05, 0.1) is 12.6 Å². The van der Waals surface area contributed by atoms with Gasteiger partial charge in [-0.15, -0.1) is 6.42 Å². The van der Waals surface area contributed by atoms with E-state index in [0.29, 0.717) is 13.0 Å². The number of nitrogens with zero attached hydrogens (tertiary/aromatic N) is 1. The molecule has 2 amide bonds. The lowest BCUT2D eigenvalue weighted by Gasteiger charge is -2.38. The van der Waals surface area contributed by atoms with Crippen LogP contribution in [0.25, 0.3) is 0 Å². The first-order valence-electron chi connectivity index (χ1n) is 9.58. The summed E-state index contributed by atoms with van der Waals surface area (Å²) in [4.78, 5) is 27.5. The van der Waals surface area contributed by atoms with Gasteiger partial charge in [0.2, 0.25) is 0 Å². The predicted molar refractivity (Wildman–Crippen MR) is 106 cm³/mol. The van der Waals surface area contributed by atoms with E-state index in [-0.39, 0.29) is 18.5 Å². The SMILES string of the molecule is C#CCNC(=O)[C@@H]1O[C@H]2O[C@@H]1C(=O)N(Cc1ccccc1)[C@H]2Cc1ccccc1. The van der Waals surface area contributed by atoms with Crippen LogP contribution in [0.4, 0.5) is 0 Å². The molecule has 4 rings (SSSR count). The number of nitrogens with one attached hydrogen (secondary N) is 1. The van der Waals surface area contributed by atoms with Crippen LogP contribution in [0, 0.1) is 12.3 Å². The first-order valence-corrected chi connectivity index (χ1v) is 9.58. The Hall–Kier alpha value is -3.14. The van der Waals surface area contributed by atoms with Crippen molar-refractivity contribution in [1.29, 1.82) is 0 Å². The fourth-order valence-corrected chi connectivity index (χ4v) is 3.78. The molecule has 29 heavy (non-hydrogen) atoms. The summed E-state index contributed by atoms with van der Waals surface area (Å²) in [5, 5.41) is 2.59. The molecule has 2 aromatic rings. The molecule has 0 saturated carbocycles. The lowest BCUT2D eigenvalue weighted by Crippen LogP contribution is -2.56. The third-order valence-corrected chi connectivity index (χ3v) is 5.18. The number of morpholine rings is 1. The normalized spacial score (nSPS) is 25.5. The van der Waals surface area contributed by atoms with Gasteiger partial charge in [-0.3, -0.25) is 9.59 Å². The van der Waals surface area contributed by atoms with Crippen molar-refractivity contribution < 1.29 is 19.1 Å². The maximum Gasteiger partial charge on any atom is 0.255 e. The Kier molecular flexibility index (Phi) is 5.61. The molecule has 6 nitrogen and oxygen atoms in total. The zero-order chi connectivity index (χ0) is 20.2. The van der Waals surface area contributed by atoms with Crippen molar-refractivity contribution in [3.63, 3.8) is 0 Å². The van der Waals surface area contributed by atoms with E-state index in [1.54, 1.807) is 4.90 Å². The van der Waals surface area contributed by atoms with Crippen LogP contribution in [0.5, 0.6) is 0 Å². The smallest absolute Gasteiger partial charge is 0.255 e. The maximum atomic E-state index is 13.3. The highest BCUT2D eigenvalue weighted by Gasteiger charge is 2.55. The first kappa shape index (κ1) is 19.2. The number of hydrogen-bond acceptors (Lipinski definition) is 4. The number of amides is 2. The molecule has 0 aromatic heterocycles. The molecule has 2 heterocycles. The van der Waals surface area contributed by atoms with E-state index >= 15 is 0 Å². The number of ether oxygens (including phenoxy) is 2. The minimum absolute atomic E-state index is 0.0748. The van der Waals surface area contributed by atoms with Crippen LogP contribution in [0.3, 0.4) is 0 Å². The highest BCUT2D eigenvalue weighted by molar-refractivity contribution is 5.92. The summed E-state index contributed by atoms with van der Waals surface area (Å²) in [6, 6.07) is 19.3. The molecule has 2 saturated heterocycles. The molecule has 1 N–H and O–H groups in total. The maximum absolute atomic E-state index is 13.3. The van der Waals surface area contributed by atoms with Crippen LogP contribution >= 0.6 is 0 Å². The van der Waals surface area contributed by atoms with E-state index in [1.807, 2.05) is 60.7 Å². The van der Waals surface area contributed by atoms with Gasteiger partial charge < -0.3 is 19.7 Å². The Labute approximate surface area is 169 Å². The summed E-state index contributed by atoms with van der Waals surface area (Å²) in [7, 11) is 0. The van der Waals surface area contributed by atoms with Crippen LogP contribution < -0.4 is 5.32 Å². The monoisotopic (exact) mass is 390 g/mol. The van der Waals surface area contributed by atoms with Gasteiger partial charge in [-0.05, 0) is 17.5 Å². The zero-order valence-electron chi connectivity index (χ0n) is 15.9. The standard InChI is InChI=1S/C23H22N2O4/c1-2-13-24-21(26)19-20-22(27)25(15-17-11-7-4-8-12-17)18(23(28-19)29-20)14-16-9-5-3-6-10-16/h1,3-12,18-20,23H,13-15H2,(H,24,26)/t18-,19+,20-,23-/m0/s1. The molecule has 148 valence electrons. The zero-order valence-corrected chi connectivity index (χ0v) is 15.9. The minimum atomic E-state index is -1.00. The van der Waals surface area contributed by atoms with Crippen molar-refractivity contribution in [1.82, 2.24) is 10.2 Å². The van der Waals surface area contributed by atoms with Gasteiger partial charge in [0.1, 0.15) is 0 Å². The van der Waals surface area contributed by atoms with E-state index in [0.717, 1.165) is 11.1 Å². The molecule has 0 radical (unpaired) electrons. The highest BCUT2D eigenvalue weighted by atomic mass is 16.7. The summed E-state index contributed by atoms with van der Waals surface area (Å²) in [6.07, 6.45) is 3.14. The van der Waals surface area contributed by atoms with E-state index in [2.05, 4.69) is 11.2 Å². The third-order valence-electron chi connectivity index (χ3n) is 5.18. The van der Waals surface area contributed by atoms with Gasteiger partial charge in [-0.2, -0.15) is 0 Å². The molecule has 4 atom stereocenters. The molecule has 0 aliphatic carbocycles. The van der Waals surface area contributed by atoms with Crippen LogP contribution in [0.2, 0.25) is 0 Å². The Morgan fingerprint density at radius 2 is 1.69 bits per heavy atom. The van der Waals surface area contributed by atoms with Crippen LogP contribution in [-0.4, -0.2) is 47.8 Å². The van der Waals surface area contributed by atoms with E-state index < -0.39 is 24.4 Å². The summed E-state index contributed by atoms with van der Waals surface area (Å²) in [6.45, 7) is 0.501. The summed E-state index contributed by atoms with van der Waals surface area (Å²) in [5.41, 5.74) is 2.07. The molecule has 2 aromatic carbocycles. The quantitative estimate of drug-likeness (QED) is 0.759. The van der Waals surface area contributed by atoms with Crippen molar-refractivity contribution in [3.05, 3.63) is 71.8 Å². The fraction of sp³-hybridized carbons (Fsp3) is 0.304. The molecular formula is C23H22N2O4. The lowest BCUT2D eigenvalue weighted by atomic mass is 10.0. The molecule has 6 heteroatoms. The molecule has 2 bridgehead atoms. The molecule has 2 aliphatic rings. The van der Waals surface area contributed by atoms with Gasteiger partial charge in [-0.25, -0.2) is 0 Å². The van der Waals surface area contributed by atoms with Crippen molar-refractivity contribution in [3.8, 4) is 12.3 Å². The minimum Gasteiger partial charge on any atom is -0.343 e. The highest BCUT2D eigenvalue weighted by Crippen LogP contribution is 2.34. The molecular weight excluding hydrogens is 368 g/mol. The lowest BCUT2D eigenvalue weighted by molar-refractivity contribution is -0.177. The van der Waals surface area contributed by atoms with Crippen LogP contribution in [0.15, 0.2) is 60.7 Å². The Morgan fingerprint density at radius 3 is 2.34 bits per heavy atom. The summed E-state index contributed by atoms with van der Waals surface area (Å²) in [5.74, 6) is 1.68. The van der Waals surface area contributed by atoms with Crippen LogP contribution in [0.1, 0.15) is 11.1 Å². The van der Waals surface area contributed by atoms with Crippen molar-refractivity contribution in [2.75, 3.05) is 6.54 Å². The average molecular weight is 390 g/mol. The number of carbonyl (C=O) groups excluding carboxylic acids is 2. The molecule has 0 spiro atoms. The molecule has 2 aliphatic heterocycles. The summed E-state index contributed by atoms with van der Waals surface area (Å²) >= 11 is 0. The Morgan fingerprint density at radius 1 is 1.03 bits per heavy atom. The average Bonchev–Trinajstić information content (AvgIpc) is 3.16. The second kappa shape index (κ2) is 8.48. The molecule has 2 fully saturated rings. The number of terminal acetylenes is 1. The Balaban J connectivity index is 1.61. The Bertz CT molecular complexity index is 909.